The number of nitrogens with one attached hydrogen (secondary N) is 1. The Kier molecular flexibility index (Phi) is 5.60. The van der Waals surface area contributed by atoms with Crippen LogP contribution in [0.4, 0.5) is 0 Å². The maximum absolute atomic E-state index is 12.8. The van der Waals surface area contributed by atoms with Gasteiger partial charge in [-0.05, 0) is 61.9 Å². The molecule has 30 heavy (non-hydrogen) atoms. The summed E-state index contributed by atoms with van der Waals surface area (Å²) in [7, 11) is -3.71. The van der Waals surface area contributed by atoms with Crippen molar-refractivity contribution in [2.24, 2.45) is 0 Å². The van der Waals surface area contributed by atoms with Gasteiger partial charge in [0.2, 0.25) is 10.0 Å². The fourth-order valence-corrected chi connectivity index (χ4v) is 4.82. The summed E-state index contributed by atoms with van der Waals surface area (Å²) in [5, 5.41) is 0.485. The van der Waals surface area contributed by atoms with Crippen LogP contribution in [0.2, 0.25) is 5.02 Å². The van der Waals surface area contributed by atoms with Gasteiger partial charge in [0.1, 0.15) is 5.82 Å². The van der Waals surface area contributed by atoms with E-state index in [4.69, 9.17) is 16.6 Å². The molecule has 0 aliphatic carbocycles. The molecule has 2 aromatic heterocycles. The first kappa shape index (κ1) is 20.5. The second kappa shape index (κ2) is 8.18. The van der Waals surface area contributed by atoms with Crippen LogP contribution < -0.4 is 4.72 Å². The molecule has 6 nitrogen and oxygen atoms in total. The number of halogens is 1. The Labute approximate surface area is 180 Å². The molecule has 0 bridgehead atoms. The molecule has 0 aliphatic rings. The van der Waals surface area contributed by atoms with Crippen LogP contribution in [0.1, 0.15) is 25.7 Å². The molecule has 0 amide bonds. The highest BCUT2D eigenvalue weighted by atomic mass is 35.5. The van der Waals surface area contributed by atoms with Crippen LogP contribution in [-0.2, 0) is 16.6 Å². The van der Waals surface area contributed by atoms with Crippen LogP contribution in [-0.4, -0.2) is 23.0 Å². The van der Waals surface area contributed by atoms with E-state index in [9.17, 15) is 8.42 Å². The van der Waals surface area contributed by atoms with E-state index in [0.717, 1.165) is 22.2 Å². The van der Waals surface area contributed by atoms with Crippen molar-refractivity contribution in [1.82, 2.24) is 19.3 Å². The summed E-state index contributed by atoms with van der Waals surface area (Å²) >= 11 is 5.87. The summed E-state index contributed by atoms with van der Waals surface area (Å²) in [5.41, 5.74) is 3.78. The van der Waals surface area contributed by atoms with Gasteiger partial charge in [0, 0.05) is 29.5 Å². The Hall–Kier alpha value is -2.74. The first-order valence-corrected chi connectivity index (χ1v) is 11.4. The number of aryl methyl sites for hydroxylation is 1. The van der Waals surface area contributed by atoms with E-state index in [-0.39, 0.29) is 4.90 Å². The molecule has 0 fully saturated rings. The number of sulfonamides is 1. The number of hydrogen-bond acceptors (Lipinski definition) is 4. The van der Waals surface area contributed by atoms with Crippen molar-refractivity contribution < 1.29 is 8.42 Å². The Morgan fingerprint density at radius 1 is 1.10 bits per heavy atom. The fourth-order valence-electron chi connectivity index (χ4n) is 3.49. The van der Waals surface area contributed by atoms with E-state index in [1.54, 1.807) is 25.3 Å². The lowest BCUT2D eigenvalue weighted by Gasteiger charge is -2.15. The van der Waals surface area contributed by atoms with Crippen molar-refractivity contribution in [3.8, 4) is 11.1 Å². The molecular formula is C22H21ClN4O2S. The smallest absolute Gasteiger partial charge is 0.241 e. The van der Waals surface area contributed by atoms with Gasteiger partial charge in [-0.25, -0.2) is 18.1 Å². The third-order valence-electron chi connectivity index (χ3n) is 4.93. The largest absolute Gasteiger partial charge is 0.327 e. The summed E-state index contributed by atoms with van der Waals surface area (Å²) in [6.07, 6.45) is 3.54. The first-order chi connectivity index (χ1) is 14.4. The molecule has 2 aromatic carbocycles. The summed E-state index contributed by atoms with van der Waals surface area (Å²) in [6, 6.07) is 15.5. The van der Waals surface area contributed by atoms with Crippen LogP contribution in [0.25, 0.3) is 22.2 Å². The van der Waals surface area contributed by atoms with Crippen LogP contribution in [0, 0.1) is 0 Å². The molecule has 1 unspecified atom stereocenters. The van der Waals surface area contributed by atoms with Crippen LogP contribution in [0.15, 0.2) is 71.9 Å². The molecule has 1 N–H and O–H groups in total. The van der Waals surface area contributed by atoms with Gasteiger partial charge in [-0.1, -0.05) is 23.7 Å². The molecule has 0 spiro atoms. The summed E-state index contributed by atoms with van der Waals surface area (Å²) in [6.45, 7) is 4.48. The molecule has 0 aliphatic heterocycles. The van der Waals surface area contributed by atoms with E-state index in [1.165, 1.54) is 12.1 Å². The van der Waals surface area contributed by atoms with Gasteiger partial charge in [-0.2, -0.15) is 0 Å². The zero-order chi connectivity index (χ0) is 21.3. The van der Waals surface area contributed by atoms with Gasteiger partial charge in [0.15, 0.2) is 0 Å². The number of nitrogens with zero attached hydrogens (tertiary/aromatic N) is 3. The second-order valence-electron chi connectivity index (χ2n) is 6.96. The van der Waals surface area contributed by atoms with E-state index >= 15 is 0 Å². The molecular weight excluding hydrogens is 420 g/mol. The molecule has 4 rings (SSSR count). The lowest BCUT2D eigenvalue weighted by Crippen LogP contribution is -2.28. The summed E-state index contributed by atoms with van der Waals surface area (Å²) in [5.74, 6) is 0.661. The highest BCUT2D eigenvalue weighted by molar-refractivity contribution is 7.89. The highest BCUT2D eigenvalue weighted by Gasteiger charge is 2.23. The average molecular weight is 441 g/mol. The molecule has 0 saturated carbocycles. The monoisotopic (exact) mass is 440 g/mol. The minimum Gasteiger partial charge on any atom is -0.327 e. The number of imidazole rings is 1. The first-order valence-electron chi connectivity index (χ1n) is 9.57. The quantitative estimate of drug-likeness (QED) is 0.466. The lowest BCUT2D eigenvalue weighted by molar-refractivity contribution is 0.549. The highest BCUT2D eigenvalue weighted by Crippen LogP contribution is 2.27. The summed E-state index contributed by atoms with van der Waals surface area (Å²) < 4.78 is 30.3. The Morgan fingerprint density at radius 2 is 1.87 bits per heavy atom. The number of fused-ring (bicyclic) bond motifs is 1. The molecule has 4 aromatic rings. The summed E-state index contributed by atoms with van der Waals surface area (Å²) in [4.78, 5) is 9.09. The normalized spacial score (nSPS) is 12.9. The number of aromatic nitrogens is 3. The molecule has 8 heteroatoms. The standard InChI is InChI=1S/C22H21ClN4O2S/c1-3-27-21-11-6-16(17-5-4-12-24-14-17)13-20(21)25-22(27)15(2)26-30(28,29)19-9-7-18(23)8-10-19/h4-15,26H,3H2,1-2H3. The Morgan fingerprint density at radius 3 is 2.53 bits per heavy atom. The van der Waals surface area contributed by atoms with E-state index in [2.05, 4.69) is 9.71 Å². The van der Waals surface area contributed by atoms with Gasteiger partial charge >= 0.3 is 0 Å². The van der Waals surface area contributed by atoms with E-state index < -0.39 is 16.1 Å². The van der Waals surface area contributed by atoms with Crippen molar-refractivity contribution in [3.05, 3.63) is 77.8 Å². The molecule has 0 radical (unpaired) electrons. The van der Waals surface area contributed by atoms with Gasteiger partial charge < -0.3 is 4.57 Å². The maximum atomic E-state index is 12.8. The van der Waals surface area contributed by atoms with Crippen LogP contribution >= 0.6 is 11.6 Å². The lowest BCUT2D eigenvalue weighted by atomic mass is 10.1. The third-order valence-corrected chi connectivity index (χ3v) is 6.74. The molecule has 2 heterocycles. The predicted octanol–water partition coefficient (Wildman–Crippen LogP) is 4.81. The topological polar surface area (TPSA) is 76.9 Å². The number of hydrogen-bond donors (Lipinski definition) is 1. The SMILES string of the molecule is CCn1c(C(C)NS(=O)(=O)c2ccc(Cl)cc2)nc2cc(-c3cccnc3)ccc21. The van der Waals surface area contributed by atoms with E-state index in [1.807, 2.05) is 48.0 Å². The van der Waals surface area contributed by atoms with Crippen molar-refractivity contribution in [2.75, 3.05) is 0 Å². The number of benzene rings is 2. The van der Waals surface area contributed by atoms with Crippen molar-refractivity contribution >= 4 is 32.7 Å². The maximum Gasteiger partial charge on any atom is 0.241 e. The second-order valence-corrected chi connectivity index (χ2v) is 9.11. The van der Waals surface area contributed by atoms with Crippen molar-refractivity contribution in [2.45, 2.75) is 31.3 Å². The minimum atomic E-state index is -3.71. The minimum absolute atomic E-state index is 0.164. The zero-order valence-corrected chi connectivity index (χ0v) is 18.2. The molecule has 154 valence electrons. The van der Waals surface area contributed by atoms with Crippen LogP contribution in [0.3, 0.4) is 0 Å². The van der Waals surface area contributed by atoms with Crippen molar-refractivity contribution in [3.63, 3.8) is 0 Å². The third kappa shape index (κ3) is 3.96. The van der Waals surface area contributed by atoms with Gasteiger partial charge in [0.05, 0.1) is 22.0 Å². The molecule has 1 atom stereocenters. The predicted molar refractivity (Wildman–Crippen MR) is 119 cm³/mol. The van der Waals surface area contributed by atoms with Crippen LogP contribution in [0.5, 0.6) is 0 Å². The fraction of sp³-hybridized carbons (Fsp3) is 0.182. The zero-order valence-electron chi connectivity index (χ0n) is 16.6. The van der Waals surface area contributed by atoms with Gasteiger partial charge in [0.25, 0.3) is 0 Å². The van der Waals surface area contributed by atoms with Gasteiger partial charge in [-0.15, -0.1) is 0 Å². The number of rotatable bonds is 6. The Bertz CT molecular complexity index is 1290. The van der Waals surface area contributed by atoms with Gasteiger partial charge in [-0.3, -0.25) is 4.98 Å². The number of pyridine rings is 1. The average Bonchev–Trinajstić information content (AvgIpc) is 3.12. The molecule has 0 saturated heterocycles. The Balaban J connectivity index is 1.69. The van der Waals surface area contributed by atoms with E-state index in [0.29, 0.717) is 17.4 Å². The van der Waals surface area contributed by atoms with Crippen molar-refractivity contribution in [1.29, 1.82) is 0 Å².